The number of carbonyl (C=O) groups is 2. The molecule has 3 aromatic rings. The zero-order valence-electron chi connectivity index (χ0n) is 21.9. The quantitative estimate of drug-likeness (QED) is 0.284. The number of nitrogens with one attached hydrogen (secondary N) is 2. The second-order valence-corrected chi connectivity index (χ2v) is 10.1. The number of morpholine rings is 1. The number of benzene rings is 2. The van der Waals surface area contributed by atoms with Gasteiger partial charge in [-0.05, 0) is 44.0 Å². The number of rotatable bonds is 9. The maximum absolute atomic E-state index is 13.6. The van der Waals surface area contributed by atoms with Crippen LogP contribution in [0.4, 0.5) is 21.6 Å². The highest BCUT2D eigenvalue weighted by Crippen LogP contribution is 2.34. The zero-order chi connectivity index (χ0) is 28.1. The van der Waals surface area contributed by atoms with Gasteiger partial charge in [0.1, 0.15) is 36.4 Å². The molecule has 2 aromatic carbocycles. The van der Waals surface area contributed by atoms with Crippen LogP contribution in [-0.2, 0) is 19.1 Å². The first kappa shape index (κ1) is 27.8. The van der Waals surface area contributed by atoms with Crippen LogP contribution in [0.25, 0.3) is 10.9 Å². The van der Waals surface area contributed by atoms with Crippen molar-refractivity contribution in [3.05, 3.63) is 59.7 Å². The molecule has 2 N–H and O–H groups in total. The van der Waals surface area contributed by atoms with E-state index in [0.717, 1.165) is 12.8 Å². The molecule has 1 aromatic heterocycles. The Kier molecular flexibility index (Phi) is 8.73. The first-order valence-electron chi connectivity index (χ1n) is 13.0. The number of nitrogens with zero attached hydrogens (tertiary/aromatic N) is 3. The van der Waals surface area contributed by atoms with E-state index in [9.17, 15) is 14.0 Å². The largest absolute Gasteiger partial charge is 0.489 e. The molecule has 40 heavy (non-hydrogen) atoms. The first-order valence-corrected chi connectivity index (χ1v) is 13.4. The topological polar surface area (TPSA) is 115 Å². The fourth-order valence-corrected chi connectivity index (χ4v) is 4.78. The summed E-state index contributed by atoms with van der Waals surface area (Å²) in [5, 5.41) is 6.60. The van der Waals surface area contributed by atoms with E-state index in [4.69, 9.17) is 25.8 Å². The maximum Gasteiger partial charge on any atom is 0.320 e. The second kappa shape index (κ2) is 12.6. The van der Waals surface area contributed by atoms with Crippen LogP contribution in [0.15, 0.2) is 48.8 Å². The highest BCUT2D eigenvalue weighted by Gasteiger charge is 2.22. The summed E-state index contributed by atoms with van der Waals surface area (Å²) in [4.78, 5) is 35.2. The van der Waals surface area contributed by atoms with Crippen LogP contribution < -0.4 is 15.4 Å². The lowest BCUT2D eigenvalue weighted by molar-refractivity contribution is -0.156. The van der Waals surface area contributed by atoms with E-state index in [1.807, 2.05) is 11.8 Å². The Balaban J connectivity index is 1.37. The summed E-state index contributed by atoms with van der Waals surface area (Å²) in [6, 6.07) is 7.72. The van der Waals surface area contributed by atoms with E-state index in [1.54, 1.807) is 24.3 Å². The van der Waals surface area contributed by atoms with Gasteiger partial charge in [0, 0.05) is 42.9 Å². The monoisotopic (exact) mass is 569 g/mol. The number of hydrogen-bond donors (Lipinski definition) is 2. The lowest BCUT2D eigenvalue weighted by Gasteiger charge is -2.29. The molecule has 2 atom stereocenters. The van der Waals surface area contributed by atoms with Gasteiger partial charge in [-0.1, -0.05) is 17.7 Å². The van der Waals surface area contributed by atoms with Gasteiger partial charge in [0.15, 0.2) is 0 Å². The highest BCUT2D eigenvalue weighted by molar-refractivity contribution is 6.31. The average molecular weight is 570 g/mol. The van der Waals surface area contributed by atoms with Gasteiger partial charge in [-0.25, -0.2) is 14.4 Å². The van der Waals surface area contributed by atoms with Crippen LogP contribution in [0.2, 0.25) is 5.02 Å². The third-order valence-corrected chi connectivity index (χ3v) is 6.75. The minimum atomic E-state index is -0.527. The van der Waals surface area contributed by atoms with Gasteiger partial charge < -0.3 is 24.8 Å². The fourth-order valence-electron chi connectivity index (χ4n) is 4.60. The molecule has 1 amide bonds. The molecule has 3 heterocycles. The van der Waals surface area contributed by atoms with Crippen LogP contribution in [0.5, 0.6) is 5.75 Å². The SMILES string of the molecule is C[C@@H]1CN(C/C=C/C(=O)Nc2cc3c(Nc4ccc(F)c(Cl)c4)ncnc3cc2OC[C@H]2CCCO2)CC(=O)O1. The van der Waals surface area contributed by atoms with Crippen molar-refractivity contribution < 1.29 is 28.2 Å². The fraction of sp³-hybridized carbons (Fsp3) is 0.357. The Bertz CT molecular complexity index is 1430. The molecule has 0 bridgehead atoms. The van der Waals surface area contributed by atoms with Gasteiger partial charge in [-0.2, -0.15) is 0 Å². The van der Waals surface area contributed by atoms with Crippen molar-refractivity contribution in [2.24, 2.45) is 0 Å². The van der Waals surface area contributed by atoms with Crippen LogP contribution in [0.1, 0.15) is 19.8 Å². The number of cyclic esters (lactones) is 1. The average Bonchev–Trinajstić information content (AvgIpc) is 3.43. The highest BCUT2D eigenvalue weighted by atomic mass is 35.5. The molecule has 2 aliphatic rings. The van der Waals surface area contributed by atoms with Gasteiger partial charge in [0.25, 0.3) is 0 Å². The molecule has 210 valence electrons. The number of aromatic nitrogens is 2. The second-order valence-electron chi connectivity index (χ2n) is 9.67. The van der Waals surface area contributed by atoms with Crippen LogP contribution >= 0.6 is 11.6 Å². The van der Waals surface area contributed by atoms with Crippen molar-refractivity contribution >= 4 is 51.6 Å². The summed E-state index contributed by atoms with van der Waals surface area (Å²) in [7, 11) is 0. The Morgan fingerprint density at radius 1 is 1.30 bits per heavy atom. The molecule has 5 rings (SSSR count). The standard InChI is InChI=1S/C28H29ClFN5O5/c1-17-13-35(14-27(37)40-17)8-2-5-26(36)34-24-11-20-23(12-25(24)39-15-19-4-3-9-38-19)31-16-32-28(20)33-18-6-7-22(30)21(29)10-18/h2,5-7,10-12,16-17,19H,3-4,8-9,13-15H2,1H3,(H,34,36)(H,31,32,33)/b5-2+/t17-,19-/m1/s1. The third kappa shape index (κ3) is 7.04. The Labute approximate surface area is 235 Å². The number of esters is 1. The molecule has 2 saturated heterocycles. The van der Waals surface area contributed by atoms with Crippen molar-refractivity contribution in [3.63, 3.8) is 0 Å². The van der Waals surface area contributed by atoms with Crippen molar-refractivity contribution in [2.45, 2.75) is 32.0 Å². The predicted octanol–water partition coefficient (Wildman–Crippen LogP) is 4.47. The van der Waals surface area contributed by atoms with E-state index in [0.29, 0.717) is 60.1 Å². The molecule has 0 unspecified atom stereocenters. The van der Waals surface area contributed by atoms with Gasteiger partial charge in [-0.3, -0.25) is 14.5 Å². The molecule has 2 aliphatic heterocycles. The number of amides is 1. The van der Waals surface area contributed by atoms with Crippen LogP contribution in [0.3, 0.4) is 0 Å². The molecule has 0 aliphatic carbocycles. The summed E-state index contributed by atoms with van der Waals surface area (Å²) in [6.45, 7) is 4.06. The van der Waals surface area contributed by atoms with Crippen molar-refractivity contribution in [2.75, 3.05) is 43.5 Å². The molecule has 10 nitrogen and oxygen atoms in total. The van der Waals surface area contributed by atoms with Gasteiger partial charge in [-0.15, -0.1) is 0 Å². The van der Waals surface area contributed by atoms with Crippen molar-refractivity contribution in [1.29, 1.82) is 0 Å². The predicted molar refractivity (Wildman–Crippen MR) is 148 cm³/mol. The Morgan fingerprint density at radius 2 is 2.17 bits per heavy atom. The van der Waals surface area contributed by atoms with Gasteiger partial charge >= 0.3 is 5.97 Å². The number of ether oxygens (including phenoxy) is 3. The number of hydrogen-bond acceptors (Lipinski definition) is 9. The minimum Gasteiger partial charge on any atom is -0.489 e. The smallest absolute Gasteiger partial charge is 0.320 e. The number of fused-ring (bicyclic) bond motifs is 1. The maximum atomic E-state index is 13.6. The van der Waals surface area contributed by atoms with Crippen LogP contribution in [-0.4, -0.2) is 71.8 Å². The number of carbonyl (C=O) groups excluding carboxylic acids is 2. The van der Waals surface area contributed by atoms with Crippen molar-refractivity contribution in [1.82, 2.24) is 14.9 Å². The minimum absolute atomic E-state index is 0.0242. The van der Waals surface area contributed by atoms with E-state index in [1.165, 1.54) is 24.5 Å². The number of halogens is 2. The van der Waals surface area contributed by atoms with Gasteiger partial charge in [0.2, 0.25) is 5.91 Å². The van der Waals surface area contributed by atoms with E-state index >= 15 is 0 Å². The number of anilines is 3. The summed E-state index contributed by atoms with van der Waals surface area (Å²) < 4.78 is 30.5. The molecular weight excluding hydrogens is 541 g/mol. The normalized spacial score (nSPS) is 19.6. The van der Waals surface area contributed by atoms with Crippen molar-refractivity contribution in [3.8, 4) is 5.75 Å². The van der Waals surface area contributed by atoms with Crippen LogP contribution in [0, 0.1) is 5.82 Å². The summed E-state index contributed by atoms with van der Waals surface area (Å²) in [5.41, 5.74) is 1.53. The van der Waals surface area contributed by atoms with Gasteiger partial charge in [0.05, 0.1) is 28.9 Å². The Hall–Kier alpha value is -3.80. The summed E-state index contributed by atoms with van der Waals surface area (Å²) in [5.74, 6) is -0.302. The van der Waals surface area contributed by atoms with E-state index in [2.05, 4.69) is 20.6 Å². The first-order chi connectivity index (χ1) is 19.3. The lowest BCUT2D eigenvalue weighted by Crippen LogP contribution is -2.44. The summed E-state index contributed by atoms with van der Waals surface area (Å²) >= 11 is 5.94. The molecule has 0 saturated carbocycles. The molecular formula is C28H29ClFN5O5. The third-order valence-electron chi connectivity index (χ3n) is 6.46. The molecule has 12 heteroatoms. The van der Waals surface area contributed by atoms with E-state index in [-0.39, 0.29) is 35.7 Å². The summed E-state index contributed by atoms with van der Waals surface area (Å²) in [6.07, 6.45) is 6.17. The lowest BCUT2D eigenvalue weighted by atomic mass is 10.1. The molecule has 0 spiro atoms. The molecule has 0 radical (unpaired) electrons. The Morgan fingerprint density at radius 3 is 2.95 bits per heavy atom. The zero-order valence-corrected chi connectivity index (χ0v) is 22.6. The molecule has 2 fully saturated rings. The van der Waals surface area contributed by atoms with E-state index < -0.39 is 5.82 Å².